The fourth-order valence-electron chi connectivity index (χ4n) is 2.01. The normalized spacial score (nSPS) is 12.5. The molecule has 1 unspecified atom stereocenters. The summed E-state index contributed by atoms with van der Waals surface area (Å²) in [5.41, 5.74) is 0. The maximum atomic E-state index is 11.6. The van der Waals surface area contributed by atoms with E-state index >= 15 is 0 Å². The van der Waals surface area contributed by atoms with Gasteiger partial charge in [0.05, 0.1) is 12.6 Å². The van der Waals surface area contributed by atoms with Crippen molar-refractivity contribution in [2.24, 2.45) is 5.92 Å². The van der Waals surface area contributed by atoms with E-state index < -0.39 is 6.10 Å². The molecule has 108 valence electrons. The van der Waals surface area contributed by atoms with Crippen LogP contribution in [-0.2, 0) is 6.54 Å². The molecule has 0 radical (unpaired) electrons. The predicted molar refractivity (Wildman–Crippen MR) is 79.4 cm³/mol. The first-order valence-electron chi connectivity index (χ1n) is 6.81. The monoisotopic (exact) mass is 284 g/mol. The first-order chi connectivity index (χ1) is 9.06. The summed E-state index contributed by atoms with van der Waals surface area (Å²) in [6, 6.07) is 3.83. The third-order valence-electron chi connectivity index (χ3n) is 3.28. The van der Waals surface area contributed by atoms with Crippen LogP contribution in [0, 0.1) is 12.8 Å². The van der Waals surface area contributed by atoms with Crippen molar-refractivity contribution in [3.63, 3.8) is 0 Å². The average molecular weight is 284 g/mol. The van der Waals surface area contributed by atoms with Crippen LogP contribution in [0.2, 0.25) is 0 Å². The Labute approximate surface area is 119 Å². The van der Waals surface area contributed by atoms with Crippen LogP contribution in [0.3, 0.4) is 0 Å². The minimum absolute atomic E-state index is 0.226. The van der Waals surface area contributed by atoms with Crippen LogP contribution in [0.5, 0.6) is 0 Å². The number of carbonyl (C=O) groups is 1. The molecule has 0 saturated carbocycles. The largest absolute Gasteiger partial charge is 0.391 e. The van der Waals surface area contributed by atoms with Crippen molar-refractivity contribution in [1.29, 1.82) is 0 Å². The van der Waals surface area contributed by atoms with Crippen molar-refractivity contribution in [2.75, 3.05) is 6.54 Å². The summed E-state index contributed by atoms with van der Waals surface area (Å²) >= 11 is 1.67. The van der Waals surface area contributed by atoms with Gasteiger partial charge in [0.25, 0.3) is 0 Å². The molecule has 0 spiro atoms. The zero-order chi connectivity index (χ0) is 14.3. The lowest BCUT2D eigenvalue weighted by molar-refractivity contribution is 0.103. The van der Waals surface area contributed by atoms with Crippen molar-refractivity contribution >= 4 is 17.4 Å². The Hall–Kier alpha value is -1.07. The van der Waals surface area contributed by atoms with Gasteiger partial charge in [0.1, 0.15) is 0 Å². The SMILES string of the molecule is CCC(CC)C(O)CNC(=O)NCc1ccc(C)s1. The Kier molecular flexibility index (Phi) is 6.87. The van der Waals surface area contributed by atoms with Gasteiger partial charge in [-0.05, 0) is 25.0 Å². The smallest absolute Gasteiger partial charge is 0.315 e. The Balaban J connectivity index is 2.24. The van der Waals surface area contributed by atoms with Crippen molar-refractivity contribution < 1.29 is 9.90 Å². The van der Waals surface area contributed by atoms with Gasteiger partial charge in [-0.3, -0.25) is 0 Å². The van der Waals surface area contributed by atoms with E-state index in [0.717, 1.165) is 17.7 Å². The number of urea groups is 1. The molecule has 0 bridgehead atoms. The highest BCUT2D eigenvalue weighted by molar-refractivity contribution is 7.11. The molecule has 19 heavy (non-hydrogen) atoms. The lowest BCUT2D eigenvalue weighted by Crippen LogP contribution is -2.41. The van der Waals surface area contributed by atoms with Crippen LogP contribution in [0.4, 0.5) is 4.79 Å². The van der Waals surface area contributed by atoms with Crippen molar-refractivity contribution in [3.8, 4) is 0 Å². The second-order valence-corrected chi connectivity index (χ2v) is 6.09. The molecule has 0 aliphatic heterocycles. The van der Waals surface area contributed by atoms with Crippen molar-refractivity contribution in [2.45, 2.75) is 46.3 Å². The topological polar surface area (TPSA) is 61.4 Å². The summed E-state index contributed by atoms with van der Waals surface area (Å²) in [6.07, 6.45) is 1.38. The average Bonchev–Trinajstić information content (AvgIpc) is 2.81. The lowest BCUT2D eigenvalue weighted by atomic mass is 9.97. The number of amides is 2. The number of aliphatic hydroxyl groups excluding tert-OH is 1. The Morgan fingerprint density at radius 2 is 2.00 bits per heavy atom. The van der Waals surface area contributed by atoms with E-state index in [1.54, 1.807) is 11.3 Å². The van der Waals surface area contributed by atoms with E-state index in [1.165, 1.54) is 4.88 Å². The Bertz CT molecular complexity index is 389. The minimum Gasteiger partial charge on any atom is -0.391 e. The summed E-state index contributed by atoms with van der Waals surface area (Å²) in [5.74, 6) is 0.250. The minimum atomic E-state index is -0.468. The van der Waals surface area contributed by atoms with Gasteiger partial charge in [-0.15, -0.1) is 11.3 Å². The zero-order valence-electron chi connectivity index (χ0n) is 11.9. The third-order valence-corrected chi connectivity index (χ3v) is 4.28. The molecule has 1 atom stereocenters. The quantitative estimate of drug-likeness (QED) is 0.721. The first kappa shape index (κ1) is 16.0. The molecule has 0 aliphatic carbocycles. The van der Waals surface area contributed by atoms with Gasteiger partial charge >= 0.3 is 6.03 Å². The second kappa shape index (κ2) is 8.17. The van der Waals surface area contributed by atoms with Gasteiger partial charge in [-0.2, -0.15) is 0 Å². The summed E-state index contributed by atoms with van der Waals surface area (Å²) in [6.45, 7) is 6.99. The van der Waals surface area contributed by atoms with E-state index in [4.69, 9.17) is 0 Å². The number of thiophene rings is 1. The predicted octanol–water partition coefficient (Wildman–Crippen LogP) is 2.65. The van der Waals surface area contributed by atoms with E-state index in [2.05, 4.69) is 24.5 Å². The number of aliphatic hydroxyl groups is 1. The Morgan fingerprint density at radius 1 is 1.32 bits per heavy atom. The zero-order valence-corrected chi connectivity index (χ0v) is 12.7. The molecule has 1 aromatic heterocycles. The molecule has 0 aromatic carbocycles. The van der Waals surface area contributed by atoms with Crippen molar-refractivity contribution in [1.82, 2.24) is 10.6 Å². The molecule has 1 heterocycles. The second-order valence-electron chi connectivity index (χ2n) is 4.72. The van der Waals surface area contributed by atoms with E-state index in [-0.39, 0.29) is 11.9 Å². The molecule has 4 nitrogen and oxygen atoms in total. The van der Waals surface area contributed by atoms with E-state index in [1.807, 2.05) is 19.1 Å². The number of hydrogen-bond donors (Lipinski definition) is 3. The van der Waals surface area contributed by atoms with Crippen LogP contribution in [0.1, 0.15) is 36.4 Å². The maximum absolute atomic E-state index is 11.6. The van der Waals surface area contributed by atoms with Gasteiger partial charge in [0.15, 0.2) is 0 Å². The fourth-order valence-corrected chi connectivity index (χ4v) is 2.84. The molecule has 3 N–H and O–H groups in total. The van der Waals surface area contributed by atoms with Crippen LogP contribution in [-0.4, -0.2) is 23.8 Å². The maximum Gasteiger partial charge on any atom is 0.315 e. The number of aryl methyl sites for hydroxylation is 1. The van der Waals surface area contributed by atoms with Gasteiger partial charge in [0.2, 0.25) is 0 Å². The summed E-state index contributed by atoms with van der Waals surface area (Å²) in [7, 11) is 0. The van der Waals surface area contributed by atoms with E-state index in [0.29, 0.717) is 13.1 Å². The third kappa shape index (κ3) is 5.61. The van der Waals surface area contributed by atoms with Crippen LogP contribution in [0.25, 0.3) is 0 Å². The number of nitrogens with one attached hydrogen (secondary N) is 2. The molecule has 0 aliphatic rings. The molecule has 1 rings (SSSR count). The molecular weight excluding hydrogens is 260 g/mol. The summed E-state index contributed by atoms with van der Waals surface area (Å²) in [5, 5.41) is 15.4. The number of rotatable bonds is 7. The highest BCUT2D eigenvalue weighted by atomic mass is 32.1. The molecule has 2 amide bonds. The highest BCUT2D eigenvalue weighted by Crippen LogP contribution is 2.14. The molecule has 0 fully saturated rings. The molecular formula is C14H24N2O2S. The highest BCUT2D eigenvalue weighted by Gasteiger charge is 2.15. The number of hydrogen-bond acceptors (Lipinski definition) is 3. The van der Waals surface area contributed by atoms with Gasteiger partial charge < -0.3 is 15.7 Å². The standard InChI is InChI=1S/C14H24N2O2S/c1-4-11(5-2)13(17)9-16-14(18)15-8-12-7-6-10(3)19-12/h6-7,11,13,17H,4-5,8-9H2,1-3H3,(H2,15,16,18). The number of carbonyl (C=O) groups excluding carboxylic acids is 1. The summed E-state index contributed by atoms with van der Waals surface area (Å²) in [4.78, 5) is 14.0. The van der Waals surface area contributed by atoms with Crippen LogP contribution < -0.4 is 10.6 Å². The van der Waals surface area contributed by atoms with Gasteiger partial charge in [0, 0.05) is 16.3 Å². The van der Waals surface area contributed by atoms with Crippen LogP contribution >= 0.6 is 11.3 Å². The molecule has 1 aromatic rings. The van der Waals surface area contributed by atoms with Crippen molar-refractivity contribution in [3.05, 3.63) is 21.9 Å². The molecule has 0 saturated heterocycles. The summed E-state index contributed by atoms with van der Waals surface area (Å²) < 4.78 is 0. The Morgan fingerprint density at radius 3 is 2.53 bits per heavy atom. The van der Waals surface area contributed by atoms with Gasteiger partial charge in [-0.1, -0.05) is 26.7 Å². The fraction of sp³-hybridized carbons (Fsp3) is 0.643. The van der Waals surface area contributed by atoms with Crippen LogP contribution in [0.15, 0.2) is 12.1 Å². The molecule has 5 heteroatoms. The van der Waals surface area contributed by atoms with Gasteiger partial charge in [-0.25, -0.2) is 4.79 Å². The first-order valence-corrected chi connectivity index (χ1v) is 7.63. The lowest BCUT2D eigenvalue weighted by Gasteiger charge is -2.20. The van der Waals surface area contributed by atoms with E-state index in [9.17, 15) is 9.90 Å².